The molecule has 1 saturated heterocycles. The summed E-state index contributed by atoms with van der Waals surface area (Å²) in [5.74, 6) is 0.244. The summed E-state index contributed by atoms with van der Waals surface area (Å²) in [6.45, 7) is 3.18. The normalized spacial score (nSPS) is 19.3. The molecular formula is C23H27N3O2. The van der Waals surface area contributed by atoms with Crippen LogP contribution in [0.1, 0.15) is 24.8 Å². The van der Waals surface area contributed by atoms with Crippen LogP contribution in [-0.2, 0) is 16.0 Å². The molecule has 0 aliphatic carbocycles. The van der Waals surface area contributed by atoms with E-state index in [1.54, 1.807) is 0 Å². The molecule has 1 fully saturated rings. The molecule has 5 nitrogen and oxygen atoms in total. The molecule has 5 heteroatoms. The van der Waals surface area contributed by atoms with Crippen molar-refractivity contribution in [2.45, 2.75) is 25.7 Å². The van der Waals surface area contributed by atoms with Crippen molar-refractivity contribution in [1.29, 1.82) is 0 Å². The highest BCUT2D eigenvalue weighted by Gasteiger charge is 2.28. The zero-order chi connectivity index (χ0) is 19.3. The molecule has 1 unspecified atom stereocenters. The number of benzene rings is 2. The molecule has 2 amide bonds. The molecule has 0 aromatic heterocycles. The maximum absolute atomic E-state index is 12.7. The number of hydrogen-bond donors (Lipinski definition) is 1. The molecule has 0 radical (unpaired) electrons. The fourth-order valence-corrected chi connectivity index (χ4v) is 4.22. The Bertz CT molecular complexity index is 837. The van der Waals surface area contributed by atoms with Crippen molar-refractivity contribution in [2.24, 2.45) is 5.92 Å². The third kappa shape index (κ3) is 4.25. The highest BCUT2D eigenvalue weighted by atomic mass is 16.2. The number of carbonyl (C=O) groups excluding carboxylic acids is 2. The van der Waals surface area contributed by atoms with E-state index in [0.717, 1.165) is 50.3 Å². The van der Waals surface area contributed by atoms with Gasteiger partial charge in [-0.3, -0.25) is 9.59 Å². The first-order valence-electron chi connectivity index (χ1n) is 10.2. The van der Waals surface area contributed by atoms with Crippen LogP contribution in [0.2, 0.25) is 0 Å². The summed E-state index contributed by atoms with van der Waals surface area (Å²) >= 11 is 0. The SMILES string of the molecule is O=C(Nc1ccccc1)C1CCCN(CCC(=O)N2CCc3ccccc32)C1. The molecule has 2 aliphatic heterocycles. The fraction of sp³-hybridized carbons (Fsp3) is 0.391. The summed E-state index contributed by atoms with van der Waals surface area (Å²) in [6, 6.07) is 17.8. The Kier molecular flexibility index (Phi) is 5.72. The van der Waals surface area contributed by atoms with Crippen molar-refractivity contribution >= 4 is 23.2 Å². The van der Waals surface area contributed by atoms with Gasteiger partial charge in [0, 0.05) is 37.4 Å². The Morgan fingerprint density at radius 2 is 1.79 bits per heavy atom. The minimum atomic E-state index is -0.0171. The topological polar surface area (TPSA) is 52.7 Å². The lowest BCUT2D eigenvalue weighted by Crippen LogP contribution is -2.42. The van der Waals surface area contributed by atoms with Gasteiger partial charge in [0.2, 0.25) is 11.8 Å². The predicted octanol–water partition coefficient (Wildman–Crippen LogP) is 3.32. The maximum atomic E-state index is 12.7. The molecule has 0 bridgehead atoms. The molecule has 146 valence electrons. The van der Waals surface area contributed by atoms with E-state index in [-0.39, 0.29) is 17.7 Å². The molecule has 2 aromatic rings. The fourth-order valence-electron chi connectivity index (χ4n) is 4.22. The Hall–Kier alpha value is -2.66. The highest BCUT2D eigenvalue weighted by Crippen LogP contribution is 2.28. The molecule has 1 atom stereocenters. The summed E-state index contributed by atoms with van der Waals surface area (Å²) in [5.41, 5.74) is 3.16. The molecule has 4 rings (SSSR count). The number of nitrogens with one attached hydrogen (secondary N) is 1. The number of nitrogens with zero attached hydrogens (tertiary/aromatic N) is 2. The molecule has 28 heavy (non-hydrogen) atoms. The first-order chi connectivity index (χ1) is 13.7. The molecule has 2 aliphatic rings. The van der Waals surface area contributed by atoms with E-state index in [0.29, 0.717) is 13.0 Å². The van der Waals surface area contributed by atoms with Gasteiger partial charge in [0.05, 0.1) is 5.92 Å². The molecule has 0 spiro atoms. The number of carbonyl (C=O) groups is 2. The largest absolute Gasteiger partial charge is 0.326 e. The van der Waals surface area contributed by atoms with Crippen LogP contribution in [0.3, 0.4) is 0 Å². The van der Waals surface area contributed by atoms with E-state index >= 15 is 0 Å². The number of hydrogen-bond acceptors (Lipinski definition) is 3. The number of piperidine rings is 1. The van der Waals surface area contributed by atoms with Gasteiger partial charge in [0.15, 0.2) is 0 Å². The van der Waals surface area contributed by atoms with Crippen LogP contribution in [-0.4, -0.2) is 42.9 Å². The van der Waals surface area contributed by atoms with Crippen molar-refractivity contribution in [3.8, 4) is 0 Å². The second kappa shape index (κ2) is 8.57. The average molecular weight is 377 g/mol. The molecule has 2 heterocycles. The summed E-state index contributed by atoms with van der Waals surface area (Å²) in [6.07, 6.45) is 3.34. The lowest BCUT2D eigenvalue weighted by Gasteiger charge is -2.32. The Labute approximate surface area is 166 Å². The van der Waals surface area contributed by atoms with Crippen LogP contribution in [0.25, 0.3) is 0 Å². The van der Waals surface area contributed by atoms with E-state index in [4.69, 9.17) is 0 Å². The summed E-state index contributed by atoms with van der Waals surface area (Å²) in [5, 5.41) is 3.01. The maximum Gasteiger partial charge on any atom is 0.228 e. The Balaban J connectivity index is 1.28. The van der Waals surface area contributed by atoms with Crippen molar-refractivity contribution in [1.82, 2.24) is 4.90 Å². The van der Waals surface area contributed by atoms with Crippen molar-refractivity contribution in [2.75, 3.05) is 36.4 Å². The number of anilines is 2. The smallest absolute Gasteiger partial charge is 0.228 e. The van der Waals surface area contributed by atoms with Crippen LogP contribution >= 0.6 is 0 Å². The van der Waals surface area contributed by atoms with Crippen molar-refractivity contribution < 1.29 is 9.59 Å². The minimum absolute atomic E-state index is 0.0171. The van der Waals surface area contributed by atoms with Gasteiger partial charge < -0.3 is 15.1 Å². The second-order valence-electron chi connectivity index (χ2n) is 7.67. The quantitative estimate of drug-likeness (QED) is 0.870. The number of amides is 2. The van der Waals surface area contributed by atoms with Gasteiger partial charge in [-0.25, -0.2) is 0 Å². The van der Waals surface area contributed by atoms with Crippen LogP contribution in [0.4, 0.5) is 11.4 Å². The Morgan fingerprint density at radius 1 is 1.00 bits per heavy atom. The van der Waals surface area contributed by atoms with Crippen LogP contribution < -0.4 is 10.2 Å². The second-order valence-corrected chi connectivity index (χ2v) is 7.67. The standard InChI is InChI=1S/C23H27N3O2/c27-22(26-16-12-18-7-4-5-11-21(18)26)13-15-25-14-6-8-19(17-25)23(28)24-20-9-2-1-3-10-20/h1-5,7,9-11,19H,6,8,12-17H2,(H,24,28). The lowest BCUT2D eigenvalue weighted by molar-refractivity contribution is -0.121. The van der Waals surface area contributed by atoms with Crippen LogP contribution in [0.15, 0.2) is 54.6 Å². The number of para-hydroxylation sites is 2. The molecule has 2 aromatic carbocycles. The highest BCUT2D eigenvalue weighted by molar-refractivity contribution is 5.95. The van der Waals surface area contributed by atoms with E-state index < -0.39 is 0 Å². The summed E-state index contributed by atoms with van der Waals surface area (Å²) in [7, 11) is 0. The third-order valence-electron chi connectivity index (χ3n) is 5.75. The van der Waals surface area contributed by atoms with Gasteiger partial charge in [-0.15, -0.1) is 0 Å². The van der Waals surface area contributed by atoms with Gasteiger partial charge in [0.1, 0.15) is 0 Å². The molecule has 0 saturated carbocycles. The number of rotatable bonds is 5. The Morgan fingerprint density at radius 3 is 2.64 bits per heavy atom. The van der Waals surface area contributed by atoms with Gasteiger partial charge in [-0.2, -0.15) is 0 Å². The monoisotopic (exact) mass is 377 g/mol. The average Bonchev–Trinajstić information content (AvgIpc) is 3.17. The number of fused-ring (bicyclic) bond motifs is 1. The van der Waals surface area contributed by atoms with Crippen molar-refractivity contribution in [3.05, 3.63) is 60.2 Å². The van der Waals surface area contributed by atoms with Gasteiger partial charge in [0.25, 0.3) is 0 Å². The van der Waals surface area contributed by atoms with E-state index in [2.05, 4.69) is 16.3 Å². The lowest BCUT2D eigenvalue weighted by atomic mass is 9.97. The van der Waals surface area contributed by atoms with E-state index in [1.165, 1.54) is 5.56 Å². The summed E-state index contributed by atoms with van der Waals surface area (Å²) in [4.78, 5) is 29.5. The van der Waals surface area contributed by atoms with Crippen molar-refractivity contribution in [3.63, 3.8) is 0 Å². The van der Waals surface area contributed by atoms with Gasteiger partial charge in [-0.1, -0.05) is 36.4 Å². The summed E-state index contributed by atoms with van der Waals surface area (Å²) < 4.78 is 0. The first kappa shape index (κ1) is 18.7. The van der Waals surface area contributed by atoms with E-state index in [1.807, 2.05) is 53.4 Å². The predicted molar refractivity (Wildman–Crippen MR) is 111 cm³/mol. The third-order valence-corrected chi connectivity index (χ3v) is 5.75. The van der Waals surface area contributed by atoms with Gasteiger partial charge >= 0.3 is 0 Å². The molecular weight excluding hydrogens is 350 g/mol. The van der Waals surface area contributed by atoms with Gasteiger partial charge in [-0.05, 0) is 49.6 Å². The molecule has 1 N–H and O–H groups in total. The number of likely N-dealkylation sites (tertiary alicyclic amines) is 1. The van der Waals surface area contributed by atoms with E-state index in [9.17, 15) is 9.59 Å². The van der Waals surface area contributed by atoms with Crippen LogP contribution in [0, 0.1) is 5.92 Å². The first-order valence-corrected chi connectivity index (χ1v) is 10.2. The zero-order valence-corrected chi connectivity index (χ0v) is 16.1. The minimum Gasteiger partial charge on any atom is -0.326 e. The van der Waals surface area contributed by atoms with Crippen LogP contribution in [0.5, 0.6) is 0 Å². The zero-order valence-electron chi connectivity index (χ0n) is 16.1.